The molecule has 1 heterocycles. The van der Waals surface area contributed by atoms with Crippen LogP contribution in [-0.2, 0) is 24.7 Å². The van der Waals surface area contributed by atoms with Gasteiger partial charge in [-0.1, -0.05) is 0 Å². The summed E-state index contributed by atoms with van der Waals surface area (Å²) in [7, 11) is 0. The van der Waals surface area contributed by atoms with E-state index in [1.54, 1.807) is 6.92 Å². The minimum absolute atomic E-state index is 0.0962. The zero-order valence-electron chi connectivity index (χ0n) is 11.3. The van der Waals surface area contributed by atoms with Crippen LogP contribution < -0.4 is 10.8 Å². The third-order valence-electron chi connectivity index (χ3n) is 3.06. The molecule has 1 atom stereocenters. The predicted molar refractivity (Wildman–Crippen MR) is 71.9 cm³/mol. The van der Waals surface area contributed by atoms with E-state index in [4.69, 9.17) is 10.5 Å². The SMILES string of the molecule is CC1(c2cc(N(C=O)OC=O)ccc2F)COCC(N)=N1. The van der Waals surface area contributed by atoms with Gasteiger partial charge in [0.15, 0.2) is 0 Å². The number of nitrogens with zero attached hydrogens (tertiary/aromatic N) is 2. The number of carbonyl (C=O) groups is 2. The summed E-state index contributed by atoms with van der Waals surface area (Å²) >= 11 is 0. The Morgan fingerprint density at radius 1 is 1.52 bits per heavy atom. The molecule has 0 bridgehead atoms. The van der Waals surface area contributed by atoms with E-state index in [-0.39, 0.29) is 36.8 Å². The Hall–Kier alpha value is -2.48. The maximum atomic E-state index is 14.1. The fourth-order valence-electron chi connectivity index (χ4n) is 2.13. The first-order chi connectivity index (χ1) is 10.00. The van der Waals surface area contributed by atoms with Crippen LogP contribution in [0, 0.1) is 5.82 Å². The number of nitrogens with two attached hydrogens (primary N) is 1. The van der Waals surface area contributed by atoms with Crippen LogP contribution in [0.25, 0.3) is 0 Å². The number of rotatable bonds is 5. The quantitative estimate of drug-likeness (QED) is 0.630. The molecule has 2 rings (SSSR count). The lowest BCUT2D eigenvalue weighted by atomic mass is 9.92. The molecule has 1 aliphatic heterocycles. The van der Waals surface area contributed by atoms with E-state index < -0.39 is 11.4 Å². The van der Waals surface area contributed by atoms with E-state index in [9.17, 15) is 14.0 Å². The van der Waals surface area contributed by atoms with Gasteiger partial charge in [0.05, 0.1) is 12.3 Å². The molecule has 1 aromatic rings. The first-order valence-electron chi connectivity index (χ1n) is 6.07. The number of carbonyl (C=O) groups excluding carboxylic acids is 2. The van der Waals surface area contributed by atoms with E-state index in [2.05, 4.69) is 9.83 Å². The maximum absolute atomic E-state index is 14.1. The van der Waals surface area contributed by atoms with Crippen molar-refractivity contribution in [1.29, 1.82) is 0 Å². The van der Waals surface area contributed by atoms with Crippen LogP contribution in [0.15, 0.2) is 23.2 Å². The van der Waals surface area contributed by atoms with E-state index in [0.29, 0.717) is 11.5 Å². The van der Waals surface area contributed by atoms with Crippen LogP contribution in [0.4, 0.5) is 10.1 Å². The Morgan fingerprint density at radius 2 is 2.29 bits per heavy atom. The summed E-state index contributed by atoms with van der Waals surface area (Å²) in [4.78, 5) is 29.9. The smallest absolute Gasteiger partial charge is 0.321 e. The minimum Gasteiger partial charge on any atom is -0.386 e. The Morgan fingerprint density at radius 3 is 2.90 bits per heavy atom. The van der Waals surface area contributed by atoms with Crippen molar-refractivity contribution in [3.05, 3.63) is 29.6 Å². The number of anilines is 1. The Bertz CT molecular complexity index is 593. The molecule has 1 amide bonds. The zero-order chi connectivity index (χ0) is 15.5. The number of hydroxylamine groups is 1. The molecule has 1 aromatic carbocycles. The van der Waals surface area contributed by atoms with Gasteiger partial charge in [0.25, 0.3) is 0 Å². The number of hydrogen-bond donors (Lipinski definition) is 1. The first kappa shape index (κ1) is 14.9. The van der Waals surface area contributed by atoms with Crippen molar-refractivity contribution in [3.8, 4) is 0 Å². The predicted octanol–water partition coefficient (Wildman–Crippen LogP) is 0.479. The van der Waals surface area contributed by atoms with Gasteiger partial charge in [-0.05, 0) is 25.1 Å². The number of amidine groups is 1. The highest BCUT2D eigenvalue weighted by Gasteiger charge is 2.33. The second-order valence-electron chi connectivity index (χ2n) is 4.67. The van der Waals surface area contributed by atoms with Crippen LogP contribution in [0.2, 0.25) is 0 Å². The van der Waals surface area contributed by atoms with E-state index >= 15 is 0 Å². The molecular formula is C13H14FN3O4. The largest absolute Gasteiger partial charge is 0.386 e. The highest BCUT2D eigenvalue weighted by Crippen LogP contribution is 2.32. The minimum atomic E-state index is -1.02. The van der Waals surface area contributed by atoms with Gasteiger partial charge in [0.1, 0.15) is 23.8 Å². The molecule has 0 aromatic heterocycles. The lowest BCUT2D eigenvalue weighted by Gasteiger charge is -2.30. The summed E-state index contributed by atoms with van der Waals surface area (Å²) in [5.74, 6) is -0.273. The van der Waals surface area contributed by atoms with Crippen LogP contribution in [0.1, 0.15) is 12.5 Å². The maximum Gasteiger partial charge on any atom is 0.321 e. The molecule has 1 aliphatic rings. The van der Waals surface area contributed by atoms with Crippen molar-refractivity contribution >= 4 is 24.4 Å². The van der Waals surface area contributed by atoms with Crippen molar-refractivity contribution in [3.63, 3.8) is 0 Å². The molecule has 8 heteroatoms. The van der Waals surface area contributed by atoms with E-state index in [1.807, 2.05) is 0 Å². The molecule has 1 unspecified atom stereocenters. The number of ether oxygens (including phenoxy) is 1. The molecule has 7 nitrogen and oxygen atoms in total. The van der Waals surface area contributed by atoms with Crippen molar-refractivity contribution in [2.45, 2.75) is 12.5 Å². The van der Waals surface area contributed by atoms with E-state index in [0.717, 1.165) is 6.07 Å². The summed E-state index contributed by atoms with van der Waals surface area (Å²) in [6.07, 6.45) is 0.294. The third kappa shape index (κ3) is 3.00. The second-order valence-corrected chi connectivity index (χ2v) is 4.67. The highest BCUT2D eigenvalue weighted by atomic mass is 19.1. The molecule has 0 saturated carbocycles. The molecule has 0 spiro atoms. The molecule has 2 N–H and O–H groups in total. The van der Waals surface area contributed by atoms with Gasteiger partial charge >= 0.3 is 6.47 Å². The lowest BCUT2D eigenvalue weighted by molar-refractivity contribution is -0.134. The second kappa shape index (κ2) is 5.88. The first-order valence-corrected chi connectivity index (χ1v) is 6.07. The number of benzene rings is 1. The molecular weight excluding hydrogens is 281 g/mol. The van der Waals surface area contributed by atoms with Gasteiger partial charge in [0, 0.05) is 5.56 Å². The average molecular weight is 295 g/mol. The standard InChI is InChI=1S/C13H14FN3O4/c1-13(6-20-5-12(15)16-13)10-4-9(2-3-11(10)14)17(7-18)21-8-19/h2-4,7-8H,5-6H2,1H3,(H2,15,16). The van der Waals surface area contributed by atoms with Gasteiger partial charge in [0.2, 0.25) is 6.41 Å². The van der Waals surface area contributed by atoms with Crippen molar-refractivity contribution < 1.29 is 23.6 Å². The fraction of sp³-hybridized carbons (Fsp3) is 0.308. The van der Waals surface area contributed by atoms with Crippen molar-refractivity contribution in [1.82, 2.24) is 0 Å². The van der Waals surface area contributed by atoms with Crippen LogP contribution in [-0.4, -0.2) is 31.9 Å². The van der Waals surface area contributed by atoms with Gasteiger partial charge in [-0.25, -0.2) is 4.39 Å². The molecule has 0 radical (unpaired) electrons. The number of halogens is 1. The topological polar surface area (TPSA) is 94.2 Å². The third-order valence-corrected chi connectivity index (χ3v) is 3.06. The number of hydrogen-bond acceptors (Lipinski definition) is 6. The van der Waals surface area contributed by atoms with Crippen molar-refractivity contribution in [2.24, 2.45) is 10.7 Å². The Kier molecular flexibility index (Phi) is 4.18. The number of aliphatic imine (C=N–C) groups is 1. The normalized spacial score (nSPS) is 21.3. The van der Waals surface area contributed by atoms with Gasteiger partial charge in [-0.2, -0.15) is 0 Å². The summed E-state index contributed by atoms with van der Waals surface area (Å²) < 4.78 is 19.4. The fourth-order valence-corrected chi connectivity index (χ4v) is 2.13. The van der Waals surface area contributed by atoms with Gasteiger partial charge in [-0.15, -0.1) is 5.06 Å². The number of amides is 1. The van der Waals surface area contributed by atoms with E-state index in [1.165, 1.54) is 12.1 Å². The van der Waals surface area contributed by atoms with Crippen LogP contribution in [0.3, 0.4) is 0 Å². The monoisotopic (exact) mass is 295 g/mol. The molecule has 0 fully saturated rings. The van der Waals surface area contributed by atoms with Gasteiger partial charge < -0.3 is 15.3 Å². The summed E-state index contributed by atoms with van der Waals surface area (Å²) in [6, 6.07) is 3.82. The molecule has 112 valence electrons. The molecule has 21 heavy (non-hydrogen) atoms. The zero-order valence-corrected chi connectivity index (χ0v) is 11.3. The molecule has 0 aliphatic carbocycles. The van der Waals surface area contributed by atoms with Crippen LogP contribution >= 0.6 is 0 Å². The van der Waals surface area contributed by atoms with Gasteiger partial charge in [-0.3, -0.25) is 14.6 Å². The molecule has 0 saturated heterocycles. The highest BCUT2D eigenvalue weighted by molar-refractivity contribution is 5.82. The van der Waals surface area contributed by atoms with Crippen LogP contribution in [0.5, 0.6) is 0 Å². The summed E-state index contributed by atoms with van der Waals surface area (Å²) in [5.41, 5.74) is 4.99. The summed E-state index contributed by atoms with van der Waals surface area (Å²) in [6.45, 7) is 2.08. The Labute approximate surface area is 120 Å². The lowest BCUT2D eigenvalue weighted by Crippen LogP contribution is -2.38. The van der Waals surface area contributed by atoms with Crippen molar-refractivity contribution in [2.75, 3.05) is 18.3 Å². The summed E-state index contributed by atoms with van der Waals surface area (Å²) in [5, 5.41) is 0.677. The Balaban J connectivity index is 2.46. The average Bonchev–Trinajstić information content (AvgIpc) is 2.45.